The lowest BCUT2D eigenvalue weighted by Crippen LogP contribution is -2.38. The molecule has 0 bridgehead atoms. The van der Waals surface area contributed by atoms with Crippen molar-refractivity contribution in [1.29, 1.82) is 0 Å². The Kier molecular flexibility index (Phi) is 6.51. The van der Waals surface area contributed by atoms with Crippen LogP contribution in [0.5, 0.6) is 0 Å². The van der Waals surface area contributed by atoms with Crippen LogP contribution >= 0.6 is 15.9 Å². The Morgan fingerprint density at radius 2 is 1.75 bits per heavy atom. The summed E-state index contributed by atoms with van der Waals surface area (Å²) in [5.41, 5.74) is 1.04. The van der Waals surface area contributed by atoms with Crippen LogP contribution < -0.4 is 0 Å². The summed E-state index contributed by atoms with van der Waals surface area (Å²) in [6.07, 6.45) is 0.539. The molecule has 1 rings (SSSR count). The number of urea groups is 1. The highest BCUT2D eigenvalue weighted by Crippen LogP contribution is 2.12. The number of hydrogen-bond donors (Lipinski definition) is 1. The van der Waals surface area contributed by atoms with Crippen LogP contribution in [-0.4, -0.2) is 47.5 Å². The van der Waals surface area contributed by atoms with Crippen LogP contribution in [0.25, 0.3) is 0 Å². The molecule has 110 valence electrons. The van der Waals surface area contributed by atoms with E-state index in [1.165, 1.54) is 0 Å². The second-order valence-electron chi connectivity index (χ2n) is 4.68. The number of carboxylic acid groups (broad SMARTS) is 1. The minimum absolute atomic E-state index is 0.0774. The maximum atomic E-state index is 12.1. The number of amides is 2. The van der Waals surface area contributed by atoms with Gasteiger partial charge in [0.1, 0.15) is 0 Å². The van der Waals surface area contributed by atoms with Crippen LogP contribution in [0.2, 0.25) is 0 Å². The third-order valence-corrected chi connectivity index (χ3v) is 3.40. The first kappa shape index (κ1) is 16.5. The highest BCUT2D eigenvalue weighted by Gasteiger charge is 2.14. The zero-order valence-corrected chi connectivity index (χ0v) is 13.3. The van der Waals surface area contributed by atoms with Gasteiger partial charge in [0.05, 0.1) is 0 Å². The van der Waals surface area contributed by atoms with Crippen molar-refractivity contribution in [2.75, 3.05) is 20.6 Å². The molecule has 0 aliphatic rings. The van der Waals surface area contributed by atoms with E-state index in [1.54, 1.807) is 23.9 Å². The van der Waals surface area contributed by atoms with Crippen molar-refractivity contribution < 1.29 is 14.7 Å². The summed E-state index contributed by atoms with van der Waals surface area (Å²) in [5, 5.41) is 8.57. The second kappa shape index (κ2) is 7.89. The van der Waals surface area contributed by atoms with E-state index in [0.717, 1.165) is 10.0 Å². The maximum Gasteiger partial charge on any atom is 0.319 e. The summed E-state index contributed by atoms with van der Waals surface area (Å²) in [5.74, 6) is -0.839. The third kappa shape index (κ3) is 5.61. The van der Waals surface area contributed by atoms with Gasteiger partial charge in [0, 0.05) is 38.1 Å². The highest BCUT2D eigenvalue weighted by atomic mass is 79.9. The number of hydrogen-bond acceptors (Lipinski definition) is 2. The fourth-order valence-electron chi connectivity index (χ4n) is 1.79. The normalized spacial score (nSPS) is 10.2. The molecule has 0 fully saturated rings. The smallest absolute Gasteiger partial charge is 0.319 e. The van der Waals surface area contributed by atoms with E-state index in [-0.39, 0.29) is 12.5 Å². The predicted molar refractivity (Wildman–Crippen MR) is 80.5 cm³/mol. The van der Waals surface area contributed by atoms with Gasteiger partial charge >= 0.3 is 12.0 Å². The summed E-state index contributed by atoms with van der Waals surface area (Å²) in [6.45, 7) is 0.963. The van der Waals surface area contributed by atoms with E-state index >= 15 is 0 Å². The molecule has 6 heteroatoms. The van der Waals surface area contributed by atoms with Gasteiger partial charge in [-0.25, -0.2) is 4.79 Å². The van der Waals surface area contributed by atoms with Crippen LogP contribution in [0, 0.1) is 0 Å². The van der Waals surface area contributed by atoms with Crippen molar-refractivity contribution in [3.63, 3.8) is 0 Å². The predicted octanol–water partition coefficient (Wildman–Crippen LogP) is 2.80. The van der Waals surface area contributed by atoms with Crippen LogP contribution in [-0.2, 0) is 11.3 Å². The lowest BCUT2D eigenvalue weighted by Gasteiger charge is -2.24. The molecule has 5 nitrogen and oxygen atoms in total. The monoisotopic (exact) mass is 342 g/mol. The number of nitrogens with zero attached hydrogens (tertiary/aromatic N) is 2. The molecule has 1 aromatic carbocycles. The summed E-state index contributed by atoms with van der Waals surface area (Å²) in [7, 11) is 3.42. The molecule has 0 atom stereocenters. The topological polar surface area (TPSA) is 60.9 Å². The summed E-state index contributed by atoms with van der Waals surface area (Å²) < 4.78 is 1.00. The van der Waals surface area contributed by atoms with Crippen molar-refractivity contribution in [3.8, 4) is 0 Å². The second-order valence-corrected chi connectivity index (χ2v) is 5.60. The molecule has 1 aromatic rings. The summed E-state index contributed by atoms with van der Waals surface area (Å²) in [4.78, 5) is 25.7. The SMILES string of the molecule is CN(CCCC(=O)O)C(=O)N(C)Cc1ccc(Br)cc1. The van der Waals surface area contributed by atoms with E-state index in [9.17, 15) is 9.59 Å². The molecule has 0 saturated heterocycles. The lowest BCUT2D eigenvalue weighted by molar-refractivity contribution is -0.137. The van der Waals surface area contributed by atoms with E-state index < -0.39 is 5.97 Å². The Bertz CT molecular complexity index is 462. The number of carbonyl (C=O) groups is 2. The molecule has 0 aliphatic carbocycles. The Hall–Kier alpha value is -1.56. The lowest BCUT2D eigenvalue weighted by atomic mass is 10.2. The van der Waals surface area contributed by atoms with Crippen molar-refractivity contribution in [2.45, 2.75) is 19.4 Å². The average molecular weight is 343 g/mol. The largest absolute Gasteiger partial charge is 0.481 e. The molecule has 0 radical (unpaired) electrons. The van der Waals surface area contributed by atoms with Gasteiger partial charge in [-0.2, -0.15) is 0 Å². The zero-order chi connectivity index (χ0) is 15.1. The fourth-order valence-corrected chi connectivity index (χ4v) is 2.05. The van der Waals surface area contributed by atoms with Crippen LogP contribution in [0.15, 0.2) is 28.7 Å². The Labute approximate surface area is 127 Å². The first-order chi connectivity index (χ1) is 9.40. The highest BCUT2D eigenvalue weighted by molar-refractivity contribution is 9.10. The van der Waals surface area contributed by atoms with Crippen LogP contribution in [0.3, 0.4) is 0 Å². The fraction of sp³-hybridized carbons (Fsp3) is 0.429. The molecule has 0 saturated carbocycles. The first-order valence-corrected chi connectivity index (χ1v) is 7.12. The number of benzene rings is 1. The Morgan fingerprint density at radius 3 is 2.30 bits per heavy atom. The molecule has 20 heavy (non-hydrogen) atoms. The van der Waals surface area contributed by atoms with Gasteiger partial charge in [-0.1, -0.05) is 28.1 Å². The number of rotatable bonds is 6. The average Bonchev–Trinajstić information content (AvgIpc) is 2.39. The van der Waals surface area contributed by atoms with Gasteiger partial charge in [-0.3, -0.25) is 4.79 Å². The minimum atomic E-state index is -0.839. The summed E-state index contributed by atoms with van der Waals surface area (Å²) in [6, 6.07) is 7.67. The van der Waals surface area contributed by atoms with Crippen molar-refractivity contribution in [1.82, 2.24) is 9.80 Å². The maximum absolute atomic E-state index is 12.1. The number of halogens is 1. The molecule has 0 heterocycles. The van der Waals surface area contributed by atoms with Gasteiger partial charge in [0.25, 0.3) is 0 Å². The van der Waals surface area contributed by atoms with Crippen LogP contribution in [0.1, 0.15) is 18.4 Å². The molecular formula is C14H19BrN2O3. The summed E-state index contributed by atoms with van der Waals surface area (Å²) >= 11 is 3.37. The zero-order valence-electron chi connectivity index (χ0n) is 11.7. The third-order valence-electron chi connectivity index (χ3n) is 2.87. The minimum Gasteiger partial charge on any atom is -0.481 e. The number of carboxylic acids is 1. The first-order valence-electron chi connectivity index (χ1n) is 6.32. The van der Waals surface area contributed by atoms with E-state index in [0.29, 0.717) is 19.5 Å². The number of carbonyl (C=O) groups excluding carboxylic acids is 1. The van der Waals surface area contributed by atoms with E-state index in [2.05, 4.69) is 15.9 Å². The van der Waals surface area contributed by atoms with Gasteiger partial charge in [-0.15, -0.1) is 0 Å². The van der Waals surface area contributed by atoms with Crippen molar-refractivity contribution >= 4 is 27.9 Å². The standard InChI is InChI=1S/C14H19BrN2O3/c1-16(9-3-4-13(18)19)14(20)17(2)10-11-5-7-12(15)8-6-11/h5-8H,3-4,9-10H2,1-2H3,(H,18,19). The Balaban J connectivity index is 2.45. The van der Waals surface area contributed by atoms with Gasteiger partial charge in [0.15, 0.2) is 0 Å². The Morgan fingerprint density at radius 1 is 1.15 bits per heavy atom. The van der Waals surface area contributed by atoms with Gasteiger partial charge < -0.3 is 14.9 Å². The molecular weight excluding hydrogens is 324 g/mol. The molecule has 0 aliphatic heterocycles. The molecule has 2 amide bonds. The number of aliphatic carboxylic acids is 1. The van der Waals surface area contributed by atoms with Crippen molar-refractivity contribution in [2.24, 2.45) is 0 Å². The van der Waals surface area contributed by atoms with Gasteiger partial charge in [0.2, 0.25) is 0 Å². The molecule has 1 N–H and O–H groups in total. The van der Waals surface area contributed by atoms with E-state index in [1.807, 2.05) is 24.3 Å². The molecule has 0 aromatic heterocycles. The molecule has 0 spiro atoms. The quantitative estimate of drug-likeness (QED) is 0.864. The molecule has 0 unspecified atom stereocenters. The van der Waals surface area contributed by atoms with Crippen LogP contribution in [0.4, 0.5) is 4.79 Å². The van der Waals surface area contributed by atoms with E-state index in [4.69, 9.17) is 5.11 Å². The van der Waals surface area contributed by atoms with Gasteiger partial charge in [-0.05, 0) is 24.1 Å². The van der Waals surface area contributed by atoms with Crippen molar-refractivity contribution in [3.05, 3.63) is 34.3 Å².